The highest BCUT2D eigenvalue weighted by atomic mass is 28.1. The molecule has 0 N–H and O–H groups in total. The van der Waals surface area contributed by atoms with Gasteiger partial charge in [0.1, 0.15) is 0 Å². The number of esters is 1. The molecule has 2 nitrogen and oxygen atoms in total. The summed E-state index contributed by atoms with van der Waals surface area (Å²) in [7, 11) is 0. The predicted octanol–water partition coefficient (Wildman–Crippen LogP) is 0.0641. The van der Waals surface area contributed by atoms with Gasteiger partial charge in [0.2, 0.25) is 0 Å². The van der Waals surface area contributed by atoms with Crippen LogP contribution in [-0.2, 0) is 9.53 Å². The van der Waals surface area contributed by atoms with Gasteiger partial charge in [0.25, 0.3) is 0 Å². The smallest absolute Gasteiger partial charge is 0.330 e. The summed E-state index contributed by atoms with van der Waals surface area (Å²) < 4.78 is 4.67. The number of carbonyl (C=O) groups is 1. The minimum Gasteiger partial charge on any atom is -0.463 e. The van der Waals surface area contributed by atoms with Crippen LogP contribution in [0, 0.1) is 0 Å². The SMILES string of the molecule is C=CC(=O)OCCCC.[SiH4]. The van der Waals surface area contributed by atoms with Crippen molar-refractivity contribution in [3.8, 4) is 0 Å². The van der Waals surface area contributed by atoms with E-state index in [2.05, 4.69) is 11.3 Å². The molecule has 0 saturated heterocycles. The van der Waals surface area contributed by atoms with Crippen LogP contribution >= 0.6 is 0 Å². The van der Waals surface area contributed by atoms with E-state index in [1.165, 1.54) is 6.08 Å². The zero-order valence-electron chi connectivity index (χ0n) is 5.72. The van der Waals surface area contributed by atoms with Crippen LogP contribution in [0.4, 0.5) is 0 Å². The Balaban J connectivity index is 0. The van der Waals surface area contributed by atoms with Crippen LogP contribution < -0.4 is 0 Å². The first kappa shape index (κ1) is 12.1. The van der Waals surface area contributed by atoms with Crippen molar-refractivity contribution >= 4 is 16.9 Å². The molecule has 0 atom stereocenters. The molecule has 10 heavy (non-hydrogen) atoms. The third-order valence-corrected chi connectivity index (χ3v) is 0.909. The topological polar surface area (TPSA) is 26.3 Å². The van der Waals surface area contributed by atoms with E-state index in [0.717, 1.165) is 12.8 Å². The fourth-order valence-corrected chi connectivity index (χ4v) is 0.376. The third-order valence-electron chi connectivity index (χ3n) is 0.909. The first-order chi connectivity index (χ1) is 4.31. The van der Waals surface area contributed by atoms with Crippen LogP contribution in [0.3, 0.4) is 0 Å². The molecule has 0 aliphatic heterocycles. The summed E-state index contributed by atoms with van der Waals surface area (Å²) in [5.74, 6) is -0.330. The quantitative estimate of drug-likeness (QED) is 0.252. The summed E-state index contributed by atoms with van der Waals surface area (Å²) in [6.07, 6.45) is 3.15. The Bertz CT molecular complexity index is 102. The Morgan fingerprint density at radius 3 is 2.70 bits per heavy atom. The molecule has 0 aliphatic carbocycles. The van der Waals surface area contributed by atoms with Gasteiger partial charge in [0.05, 0.1) is 6.61 Å². The number of carbonyl (C=O) groups excluding carboxylic acids is 1. The lowest BCUT2D eigenvalue weighted by molar-refractivity contribution is -0.137. The Morgan fingerprint density at radius 2 is 2.30 bits per heavy atom. The standard InChI is InChI=1S/C7H12O2.H4Si/c1-3-5-6-9-7(8)4-2;/h4H,2-3,5-6H2,1H3;1H4. The van der Waals surface area contributed by atoms with Crippen molar-refractivity contribution < 1.29 is 9.53 Å². The monoisotopic (exact) mass is 160 g/mol. The highest BCUT2D eigenvalue weighted by Crippen LogP contribution is 1.88. The Labute approximate surface area is 66.3 Å². The summed E-state index contributed by atoms with van der Waals surface area (Å²) in [6, 6.07) is 0. The summed E-state index contributed by atoms with van der Waals surface area (Å²) in [5.41, 5.74) is 0. The maximum Gasteiger partial charge on any atom is 0.330 e. The fraction of sp³-hybridized carbons (Fsp3) is 0.571. The van der Waals surface area contributed by atoms with E-state index in [0.29, 0.717) is 6.61 Å². The van der Waals surface area contributed by atoms with Crippen LogP contribution in [-0.4, -0.2) is 23.5 Å². The molecule has 0 saturated carbocycles. The zero-order valence-corrected chi connectivity index (χ0v) is 5.72. The summed E-state index contributed by atoms with van der Waals surface area (Å²) in [4.78, 5) is 10.3. The summed E-state index contributed by atoms with van der Waals surface area (Å²) in [5, 5.41) is 0. The molecule has 0 rings (SSSR count). The second-order valence-corrected chi connectivity index (χ2v) is 1.73. The van der Waals surface area contributed by atoms with E-state index in [-0.39, 0.29) is 16.9 Å². The largest absolute Gasteiger partial charge is 0.463 e. The van der Waals surface area contributed by atoms with Crippen molar-refractivity contribution in [2.75, 3.05) is 6.61 Å². The minimum absolute atomic E-state index is 0. The zero-order chi connectivity index (χ0) is 7.11. The molecule has 0 bridgehead atoms. The van der Waals surface area contributed by atoms with Crippen molar-refractivity contribution in [1.82, 2.24) is 0 Å². The van der Waals surface area contributed by atoms with Crippen LogP contribution in [0.5, 0.6) is 0 Å². The molecule has 0 aromatic rings. The molecule has 0 radical (unpaired) electrons. The van der Waals surface area contributed by atoms with Crippen molar-refractivity contribution in [2.24, 2.45) is 0 Å². The number of hydrogen-bond donors (Lipinski definition) is 0. The van der Waals surface area contributed by atoms with Gasteiger partial charge in [-0.3, -0.25) is 0 Å². The van der Waals surface area contributed by atoms with E-state index in [1.807, 2.05) is 6.92 Å². The van der Waals surface area contributed by atoms with Crippen molar-refractivity contribution in [3.63, 3.8) is 0 Å². The van der Waals surface area contributed by atoms with Gasteiger partial charge in [-0.05, 0) is 17.4 Å². The fourth-order valence-electron chi connectivity index (χ4n) is 0.376. The van der Waals surface area contributed by atoms with Gasteiger partial charge < -0.3 is 4.74 Å². The second-order valence-electron chi connectivity index (χ2n) is 1.73. The van der Waals surface area contributed by atoms with Gasteiger partial charge in [-0.15, -0.1) is 0 Å². The van der Waals surface area contributed by atoms with Crippen molar-refractivity contribution in [2.45, 2.75) is 19.8 Å². The van der Waals surface area contributed by atoms with Crippen LogP contribution in [0.1, 0.15) is 19.8 Å². The molecule has 3 heteroatoms. The van der Waals surface area contributed by atoms with Crippen LogP contribution in [0.2, 0.25) is 0 Å². The average molecular weight is 160 g/mol. The number of unbranched alkanes of at least 4 members (excludes halogenated alkanes) is 1. The molecule has 0 aromatic heterocycles. The van der Waals surface area contributed by atoms with Gasteiger partial charge in [-0.25, -0.2) is 4.79 Å². The molecule has 0 aromatic carbocycles. The van der Waals surface area contributed by atoms with Gasteiger partial charge in [0.15, 0.2) is 0 Å². The minimum atomic E-state index is -0.330. The number of ether oxygens (including phenoxy) is 1. The Hall–Kier alpha value is -0.573. The molecule has 0 fully saturated rings. The molecular formula is C7H16O2Si. The van der Waals surface area contributed by atoms with E-state index in [9.17, 15) is 4.79 Å². The van der Waals surface area contributed by atoms with E-state index in [4.69, 9.17) is 0 Å². The molecule has 0 amide bonds. The highest BCUT2D eigenvalue weighted by molar-refractivity contribution is 5.81. The lowest BCUT2D eigenvalue weighted by Crippen LogP contribution is -2.00. The highest BCUT2D eigenvalue weighted by Gasteiger charge is 1.91. The molecule has 0 aliphatic rings. The Morgan fingerprint density at radius 1 is 1.70 bits per heavy atom. The predicted molar refractivity (Wildman–Crippen MR) is 47.4 cm³/mol. The van der Waals surface area contributed by atoms with Gasteiger partial charge in [-0.2, -0.15) is 0 Å². The van der Waals surface area contributed by atoms with E-state index < -0.39 is 0 Å². The maximum atomic E-state index is 10.3. The van der Waals surface area contributed by atoms with Gasteiger partial charge in [-0.1, -0.05) is 19.9 Å². The molecule has 0 spiro atoms. The first-order valence-electron chi connectivity index (χ1n) is 3.10. The van der Waals surface area contributed by atoms with Crippen molar-refractivity contribution in [3.05, 3.63) is 12.7 Å². The molecular weight excluding hydrogens is 144 g/mol. The van der Waals surface area contributed by atoms with Crippen molar-refractivity contribution in [1.29, 1.82) is 0 Å². The lowest BCUT2D eigenvalue weighted by Gasteiger charge is -1.97. The van der Waals surface area contributed by atoms with Crippen LogP contribution in [0.15, 0.2) is 12.7 Å². The van der Waals surface area contributed by atoms with Crippen LogP contribution in [0.25, 0.3) is 0 Å². The summed E-state index contributed by atoms with van der Waals surface area (Å²) >= 11 is 0. The summed E-state index contributed by atoms with van der Waals surface area (Å²) in [6.45, 7) is 5.82. The first-order valence-corrected chi connectivity index (χ1v) is 3.10. The van der Waals surface area contributed by atoms with E-state index >= 15 is 0 Å². The maximum absolute atomic E-state index is 10.3. The van der Waals surface area contributed by atoms with Gasteiger partial charge in [0, 0.05) is 6.08 Å². The lowest BCUT2D eigenvalue weighted by atomic mass is 10.4. The number of rotatable bonds is 4. The third kappa shape index (κ3) is 7.43. The normalized spacial score (nSPS) is 7.70. The van der Waals surface area contributed by atoms with Gasteiger partial charge >= 0.3 is 5.97 Å². The number of hydrogen-bond acceptors (Lipinski definition) is 2. The Kier molecular flexibility index (Phi) is 10.2. The average Bonchev–Trinajstić information content (AvgIpc) is 1.89. The molecule has 0 heterocycles. The van der Waals surface area contributed by atoms with E-state index in [1.54, 1.807) is 0 Å². The molecule has 60 valence electrons. The second kappa shape index (κ2) is 8.43. The molecule has 0 unspecified atom stereocenters.